The SMILES string of the molecule is CCc1ccc(S(=O)(=O)N[C@H]2CC(C)(C)Oc3ncc(C(=O)N4CCc5ccccc54)cc32)cc1. The molecule has 0 saturated heterocycles. The Kier molecular flexibility index (Phi) is 5.89. The maximum Gasteiger partial charge on any atom is 0.259 e. The number of hydrogen-bond acceptors (Lipinski definition) is 5. The van der Waals surface area contributed by atoms with Crippen molar-refractivity contribution in [1.29, 1.82) is 0 Å². The summed E-state index contributed by atoms with van der Waals surface area (Å²) in [5.74, 6) is 0.181. The van der Waals surface area contributed by atoms with E-state index in [1.165, 1.54) is 6.20 Å². The number of rotatable bonds is 5. The average molecular weight is 492 g/mol. The van der Waals surface area contributed by atoms with Crippen molar-refractivity contribution in [3.8, 4) is 5.88 Å². The number of aryl methyl sites for hydroxylation is 1. The normalized spacial score (nSPS) is 18.5. The first-order valence-electron chi connectivity index (χ1n) is 11.9. The maximum atomic E-state index is 13.4. The highest BCUT2D eigenvalue weighted by molar-refractivity contribution is 7.89. The smallest absolute Gasteiger partial charge is 0.259 e. The number of benzene rings is 2. The van der Waals surface area contributed by atoms with Crippen molar-refractivity contribution in [3.63, 3.8) is 0 Å². The van der Waals surface area contributed by atoms with Crippen LogP contribution in [0.3, 0.4) is 0 Å². The quantitative estimate of drug-likeness (QED) is 0.571. The maximum absolute atomic E-state index is 13.4. The van der Waals surface area contributed by atoms with Crippen molar-refractivity contribution in [2.24, 2.45) is 0 Å². The summed E-state index contributed by atoms with van der Waals surface area (Å²) < 4.78 is 35.4. The van der Waals surface area contributed by atoms with Crippen LogP contribution in [-0.2, 0) is 22.9 Å². The zero-order chi connectivity index (χ0) is 24.8. The van der Waals surface area contributed by atoms with Crippen molar-refractivity contribution >= 4 is 21.6 Å². The van der Waals surface area contributed by atoms with E-state index in [4.69, 9.17) is 4.74 Å². The minimum absolute atomic E-state index is 0.160. The lowest BCUT2D eigenvalue weighted by Crippen LogP contribution is -2.42. The van der Waals surface area contributed by atoms with Crippen LogP contribution in [0.2, 0.25) is 0 Å². The molecule has 0 aliphatic carbocycles. The molecule has 0 unspecified atom stereocenters. The number of nitrogens with zero attached hydrogens (tertiary/aromatic N) is 2. The summed E-state index contributed by atoms with van der Waals surface area (Å²) in [5, 5.41) is 0. The molecule has 3 aromatic rings. The van der Waals surface area contributed by atoms with Crippen LogP contribution < -0.4 is 14.4 Å². The first-order chi connectivity index (χ1) is 16.7. The molecule has 0 spiro atoms. The van der Waals surface area contributed by atoms with Gasteiger partial charge in [-0.25, -0.2) is 18.1 Å². The van der Waals surface area contributed by atoms with E-state index in [2.05, 4.69) is 9.71 Å². The molecule has 35 heavy (non-hydrogen) atoms. The Bertz CT molecular complexity index is 1380. The third-order valence-corrected chi connectivity index (χ3v) is 8.13. The Labute approximate surface area is 206 Å². The van der Waals surface area contributed by atoms with Crippen LogP contribution in [0.1, 0.15) is 60.3 Å². The van der Waals surface area contributed by atoms with Crippen molar-refractivity contribution in [2.75, 3.05) is 11.4 Å². The van der Waals surface area contributed by atoms with E-state index in [1.807, 2.05) is 57.2 Å². The molecule has 0 fully saturated rings. The van der Waals surface area contributed by atoms with E-state index in [-0.39, 0.29) is 10.8 Å². The number of carbonyl (C=O) groups excluding carboxylic acids is 1. The first kappa shape index (κ1) is 23.5. The Balaban J connectivity index is 1.47. The molecule has 182 valence electrons. The molecule has 1 amide bonds. The molecule has 7 nitrogen and oxygen atoms in total. The summed E-state index contributed by atoms with van der Waals surface area (Å²) in [4.78, 5) is 19.8. The van der Waals surface area contributed by atoms with Gasteiger partial charge in [-0.3, -0.25) is 4.79 Å². The fourth-order valence-electron chi connectivity index (χ4n) is 4.80. The van der Waals surface area contributed by atoms with Gasteiger partial charge in [0.1, 0.15) is 5.60 Å². The summed E-state index contributed by atoms with van der Waals surface area (Å²) in [7, 11) is -3.80. The zero-order valence-corrected chi connectivity index (χ0v) is 20.9. The highest BCUT2D eigenvalue weighted by Gasteiger charge is 2.38. The molecule has 1 aromatic heterocycles. The number of para-hydroxylation sites is 1. The zero-order valence-electron chi connectivity index (χ0n) is 20.1. The standard InChI is InChI=1S/C27H29N3O4S/c1-4-18-9-11-21(12-10-18)35(32,33)29-23-16-27(2,3)34-25-22(23)15-20(17-28-25)26(31)30-14-13-19-7-5-6-8-24(19)30/h5-12,15,17,23,29H,4,13-14,16H2,1-3H3/t23-/m0/s1. The van der Waals surface area contributed by atoms with Gasteiger partial charge in [-0.15, -0.1) is 0 Å². The number of anilines is 1. The molecule has 2 aromatic carbocycles. The summed E-state index contributed by atoms with van der Waals surface area (Å²) >= 11 is 0. The summed E-state index contributed by atoms with van der Waals surface area (Å²) in [6.45, 7) is 6.42. The van der Waals surface area contributed by atoms with Crippen LogP contribution >= 0.6 is 0 Å². The number of carbonyl (C=O) groups is 1. The second-order valence-corrected chi connectivity index (χ2v) is 11.4. The molecule has 2 aliphatic rings. The average Bonchev–Trinajstić information content (AvgIpc) is 3.27. The second-order valence-electron chi connectivity index (χ2n) is 9.69. The molecule has 0 bridgehead atoms. The van der Waals surface area contributed by atoms with Gasteiger partial charge in [-0.1, -0.05) is 37.3 Å². The molecule has 1 atom stereocenters. The molecule has 8 heteroatoms. The number of ether oxygens (including phenoxy) is 1. The van der Waals surface area contributed by atoms with E-state index in [0.717, 1.165) is 29.7 Å². The largest absolute Gasteiger partial charge is 0.471 e. The molecule has 0 saturated carbocycles. The molecule has 5 rings (SSSR count). The number of amides is 1. The van der Waals surface area contributed by atoms with Gasteiger partial charge in [0.2, 0.25) is 15.9 Å². The van der Waals surface area contributed by atoms with Crippen molar-refractivity contribution in [2.45, 2.75) is 56.6 Å². The molecular weight excluding hydrogens is 462 g/mol. The number of hydrogen-bond donors (Lipinski definition) is 1. The topological polar surface area (TPSA) is 88.6 Å². The lowest BCUT2D eigenvalue weighted by Gasteiger charge is -2.37. The van der Waals surface area contributed by atoms with Crippen LogP contribution in [0.25, 0.3) is 0 Å². The first-order valence-corrected chi connectivity index (χ1v) is 13.4. The number of sulfonamides is 1. The van der Waals surface area contributed by atoms with Crippen LogP contribution in [0.5, 0.6) is 5.88 Å². The van der Waals surface area contributed by atoms with Gasteiger partial charge in [0.15, 0.2) is 0 Å². The van der Waals surface area contributed by atoms with Crippen molar-refractivity contribution < 1.29 is 17.9 Å². The predicted molar refractivity (Wildman–Crippen MR) is 134 cm³/mol. The fourth-order valence-corrected chi connectivity index (χ4v) is 6.01. The van der Waals surface area contributed by atoms with E-state index >= 15 is 0 Å². The van der Waals surface area contributed by atoms with Crippen molar-refractivity contribution in [3.05, 3.63) is 83.0 Å². The van der Waals surface area contributed by atoms with Crippen LogP contribution in [0.15, 0.2) is 65.7 Å². The Morgan fingerprint density at radius 2 is 1.91 bits per heavy atom. The van der Waals surface area contributed by atoms with Gasteiger partial charge in [0.25, 0.3) is 5.91 Å². The predicted octanol–water partition coefficient (Wildman–Crippen LogP) is 4.43. The lowest BCUT2D eigenvalue weighted by atomic mass is 9.91. The van der Waals surface area contributed by atoms with E-state index in [1.54, 1.807) is 23.1 Å². The monoisotopic (exact) mass is 491 g/mol. The Morgan fingerprint density at radius 1 is 1.17 bits per heavy atom. The number of pyridine rings is 1. The highest BCUT2D eigenvalue weighted by atomic mass is 32.2. The minimum Gasteiger partial charge on any atom is -0.471 e. The molecular formula is C27H29N3O4S. The number of aromatic nitrogens is 1. The molecule has 3 heterocycles. The van der Waals surface area contributed by atoms with E-state index in [0.29, 0.717) is 30.0 Å². The third kappa shape index (κ3) is 4.56. The van der Waals surface area contributed by atoms with Gasteiger partial charge in [-0.05, 0) is 62.1 Å². The minimum atomic E-state index is -3.80. The van der Waals surface area contributed by atoms with Gasteiger partial charge < -0.3 is 9.64 Å². The van der Waals surface area contributed by atoms with Gasteiger partial charge in [0.05, 0.1) is 16.5 Å². The highest BCUT2D eigenvalue weighted by Crippen LogP contribution is 2.40. The van der Waals surface area contributed by atoms with Crippen LogP contribution in [0.4, 0.5) is 5.69 Å². The van der Waals surface area contributed by atoms with Crippen LogP contribution in [-0.4, -0.2) is 31.5 Å². The van der Waals surface area contributed by atoms with E-state index in [9.17, 15) is 13.2 Å². The summed E-state index contributed by atoms with van der Waals surface area (Å²) in [6, 6.07) is 15.9. The van der Waals surface area contributed by atoms with Gasteiger partial charge in [-0.2, -0.15) is 0 Å². The number of fused-ring (bicyclic) bond motifs is 2. The number of nitrogens with one attached hydrogen (secondary N) is 1. The summed E-state index contributed by atoms with van der Waals surface area (Å²) in [6.07, 6.45) is 3.55. The van der Waals surface area contributed by atoms with Gasteiger partial charge >= 0.3 is 0 Å². The van der Waals surface area contributed by atoms with Crippen LogP contribution in [0, 0.1) is 0 Å². The van der Waals surface area contributed by atoms with Crippen molar-refractivity contribution in [1.82, 2.24) is 9.71 Å². The van der Waals surface area contributed by atoms with E-state index < -0.39 is 21.7 Å². The molecule has 1 N–H and O–H groups in total. The Morgan fingerprint density at radius 3 is 2.66 bits per heavy atom. The second kappa shape index (κ2) is 8.77. The fraction of sp³-hybridized carbons (Fsp3) is 0.333. The lowest BCUT2D eigenvalue weighted by molar-refractivity contribution is 0.0640. The molecule has 2 aliphatic heterocycles. The molecule has 0 radical (unpaired) electrons. The Hall–Kier alpha value is -3.23. The summed E-state index contributed by atoms with van der Waals surface area (Å²) in [5.41, 5.74) is 3.45. The third-order valence-electron chi connectivity index (χ3n) is 6.64. The van der Waals surface area contributed by atoms with Gasteiger partial charge in [0, 0.05) is 30.4 Å².